The van der Waals surface area contributed by atoms with Crippen LogP contribution in [-0.4, -0.2) is 46.7 Å². The number of aromatic nitrogens is 2. The maximum absolute atomic E-state index is 12.6. The number of carbonyl (C=O) groups excluding carboxylic acids is 1. The summed E-state index contributed by atoms with van der Waals surface area (Å²) in [6, 6.07) is 13.6. The number of hydrogen-bond donors (Lipinski definition) is 1. The number of nitrogens with one attached hydrogen (secondary N) is 1. The largest absolute Gasteiger partial charge is 0.491 e. The van der Waals surface area contributed by atoms with Gasteiger partial charge in [-0.25, -0.2) is 0 Å². The molecule has 3 aromatic rings. The molecular weight excluding hydrogens is 400 g/mol. The molecule has 1 amide bonds. The van der Waals surface area contributed by atoms with E-state index in [0.29, 0.717) is 24.9 Å². The number of benzene rings is 1. The number of likely N-dealkylation sites (tertiary alicyclic amines) is 1. The molecule has 1 unspecified atom stereocenters. The van der Waals surface area contributed by atoms with Crippen LogP contribution in [0.1, 0.15) is 25.7 Å². The van der Waals surface area contributed by atoms with Gasteiger partial charge in [0.2, 0.25) is 17.6 Å². The van der Waals surface area contributed by atoms with Crippen molar-refractivity contribution in [2.75, 3.05) is 19.7 Å². The Morgan fingerprint density at radius 1 is 1.27 bits per heavy atom. The summed E-state index contributed by atoms with van der Waals surface area (Å²) in [5.41, 5.74) is 0. The van der Waals surface area contributed by atoms with E-state index in [0.717, 1.165) is 36.6 Å². The summed E-state index contributed by atoms with van der Waals surface area (Å²) in [7, 11) is 0. The third-order valence-electron chi connectivity index (χ3n) is 5.16. The van der Waals surface area contributed by atoms with Gasteiger partial charge in [-0.1, -0.05) is 29.4 Å². The summed E-state index contributed by atoms with van der Waals surface area (Å²) in [5.74, 6) is 2.21. The third-order valence-corrected chi connectivity index (χ3v) is 6.02. The predicted molar refractivity (Wildman–Crippen MR) is 115 cm³/mol. The first-order chi connectivity index (χ1) is 14.7. The van der Waals surface area contributed by atoms with E-state index in [1.807, 2.05) is 54.8 Å². The van der Waals surface area contributed by atoms with Crippen molar-refractivity contribution in [2.24, 2.45) is 5.92 Å². The number of thiophene rings is 1. The Morgan fingerprint density at radius 3 is 2.80 bits per heavy atom. The Kier molecular flexibility index (Phi) is 6.76. The Balaban J connectivity index is 1.19. The molecule has 1 aromatic carbocycles. The fourth-order valence-electron chi connectivity index (χ4n) is 3.51. The maximum atomic E-state index is 12.6. The monoisotopic (exact) mass is 426 g/mol. The van der Waals surface area contributed by atoms with Crippen LogP contribution in [0.5, 0.6) is 5.75 Å². The molecule has 3 heterocycles. The van der Waals surface area contributed by atoms with Gasteiger partial charge in [0.15, 0.2) is 0 Å². The quantitative estimate of drug-likeness (QED) is 0.593. The van der Waals surface area contributed by atoms with Crippen LogP contribution in [0.3, 0.4) is 0 Å². The van der Waals surface area contributed by atoms with Gasteiger partial charge in [-0.15, -0.1) is 11.3 Å². The van der Waals surface area contributed by atoms with E-state index in [-0.39, 0.29) is 17.9 Å². The molecule has 4 rings (SSSR count). The van der Waals surface area contributed by atoms with E-state index >= 15 is 0 Å². The van der Waals surface area contributed by atoms with E-state index in [4.69, 9.17) is 9.26 Å². The standard InChI is InChI=1S/C22H26N4O3S/c1-16(15-28-18-6-3-2-4-7-18)23-22(27)17-9-11-26(12-10-17)14-20-24-21(25-29-20)19-8-5-13-30-19/h2-8,13,16-17H,9-12,14-15H2,1H3,(H,23,27). The molecule has 2 aromatic heterocycles. The molecule has 0 spiro atoms. The second-order valence-electron chi connectivity index (χ2n) is 7.57. The number of amides is 1. The minimum atomic E-state index is -0.0372. The lowest BCUT2D eigenvalue weighted by Crippen LogP contribution is -2.44. The lowest BCUT2D eigenvalue weighted by Gasteiger charge is -2.30. The highest BCUT2D eigenvalue weighted by atomic mass is 32.1. The normalized spacial score (nSPS) is 16.3. The van der Waals surface area contributed by atoms with Gasteiger partial charge in [-0.3, -0.25) is 9.69 Å². The van der Waals surface area contributed by atoms with Gasteiger partial charge in [0.25, 0.3) is 0 Å². The average molecular weight is 427 g/mol. The lowest BCUT2D eigenvalue weighted by atomic mass is 9.95. The molecule has 1 N–H and O–H groups in total. The summed E-state index contributed by atoms with van der Waals surface area (Å²) < 4.78 is 11.1. The lowest BCUT2D eigenvalue weighted by molar-refractivity contribution is -0.127. The molecule has 158 valence electrons. The van der Waals surface area contributed by atoms with Crippen molar-refractivity contribution in [3.8, 4) is 16.5 Å². The summed E-state index contributed by atoms with van der Waals surface area (Å²) in [6.45, 7) is 4.72. The molecule has 0 bridgehead atoms. The first-order valence-electron chi connectivity index (χ1n) is 10.2. The highest BCUT2D eigenvalue weighted by molar-refractivity contribution is 7.13. The minimum Gasteiger partial charge on any atom is -0.491 e. The van der Waals surface area contributed by atoms with Gasteiger partial charge in [-0.2, -0.15) is 4.98 Å². The first-order valence-corrected chi connectivity index (χ1v) is 11.1. The molecule has 8 heteroatoms. The molecule has 1 aliphatic heterocycles. The fourth-order valence-corrected chi connectivity index (χ4v) is 4.16. The number of nitrogens with zero attached hydrogens (tertiary/aromatic N) is 3. The van der Waals surface area contributed by atoms with E-state index in [1.54, 1.807) is 11.3 Å². The Hall–Kier alpha value is -2.71. The van der Waals surface area contributed by atoms with Gasteiger partial charge >= 0.3 is 0 Å². The third kappa shape index (κ3) is 5.46. The maximum Gasteiger partial charge on any atom is 0.241 e. The van der Waals surface area contributed by atoms with E-state index in [1.165, 1.54) is 0 Å². The predicted octanol–water partition coefficient (Wildman–Crippen LogP) is 3.59. The van der Waals surface area contributed by atoms with Crippen LogP contribution in [0, 0.1) is 5.92 Å². The highest BCUT2D eigenvalue weighted by Crippen LogP contribution is 2.23. The smallest absolute Gasteiger partial charge is 0.241 e. The molecule has 30 heavy (non-hydrogen) atoms. The number of ether oxygens (including phenoxy) is 1. The average Bonchev–Trinajstić information content (AvgIpc) is 3.45. The second kappa shape index (κ2) is 9.86. The van der Waals surface area contributed by atoms with Gasteiger partial charge in [0.05, 0.1) is 17.5 Å². The van der Waals surface area contributed by atoms with Crippen LogP contribution in [0.25, 0.3) is 10.7 Å². The van der Waals surface area contributed by atoms with E-state index in [9.17, 15) is 4.79 Å². The van der Waals surface area contributed by atoms with Gasteiger partial charge in [0.1, 0.15) is 12.4 Å². The van der Waals surface area contributed by atoms with Crippen molar-refractivity contribution in [2.45, 2.75) is 32.4 Å². The SMILES string of the molecule is CC(COc1ccccc1)NC(=O)C1CCN(Cc2nc(-c3cccs3)no2)CC1. The molecule has 0 aliphatic carbocycles. The van der Waals surface area contributed by atoms with Crippen molar-refractivity contribution < 1.29 is 14.1 Å². The Labute approximate surface area is 180 Å². The molecule has 0 radical (unpaired) electrons. The first kappa shape index (κ1) is 20.6. The Morgan fingerprint density at radius 2 is 2.07 bits per heavy atom. The van der Waals surface area contributed by atoms with Crippen LogP contribution in [0.4, 0.5) is 0 Å². The molecule has 1 aliphatic rings. The molecule has 1 fully saturated rings. The van der Waals surface area contributed by atoms with Gasteiger partial charge in [-0.05, 0) is 56.4 Å². The van der Waals surface area contributed by atoms with Crippen molar-refractivity contribution in [1.29, 1.82) is 0 Å². The summed E-state index contributed by atoms with van der Waals surface area (Å²) in [4.78, 5) is 20.3. The number of hydrogen-bond acceptors (Lipinski definition) is 7. The molecule has 7 nitrogen and oxygen atoms in total. The zero-order chi connectivity index (χ0) is 20.8. The van der Waals surface area contributed by atoms with Gasteiger partial charge < -0.3 is 14.6 Å². The highest BCUT2D eigenvalue weighted by Gasteiger charge is 2.26. The minimum absolute atomic E-state index is 0.0322. The van der Waals surface area contributed by atoms with Crippen molar-refractivity contribution in [3.05, 3.63) is 53.7 Å². The molecule has 0 saturated carbocycles. The summed E-state index contributed by atoms with van der Waals surface area (Å²) in [6.07, 6.45) is 1.65. The van der Waals surface area contributed by atoms with Crippen LogP contribution in [0.2, 0.25) is 0 Å². The fraction of sp³-hybridized carbons (Fsp3) is 0.409. The van der Waals surface area contributed by atoms with E-state index < -0.39 is 0 Å². The van der Waals surface area contributed by atoms with Gasteiger partial charge in [0, 0.05) is 5.92 Å². The van der Waals surface area contributed by atoms with Crippen LogP contribution < -0.4 is 10.1 Å². The van der Waals surface area contributed by atoms with Crippen LogP contribution in [0.15, 0.2) is 52.4 Å². The van der Waals surface area contributed by atoms with Crippen molar-refractivity contribution in [1.82, 2.24) is 20.4 Å². The number of carbonyl (C=O) groups is 1. The molecular formula is C22H26N4O3S. The number of piperidine rings is 1. The summed E-state index contributed by atoms with van der Waals surface area (Å²) >= 11 is 1.59. The van der Waals surface area contributed by atoms with Crippen molar-refractivity contribution in [3.63, 3.8) is 0 Å². The Bertz CT molecular complexity index is 921. The second-order valence-corrected chi connectivity index (χ2v) is 8.52. The zero-order valence-corrected chi connectivity index (χ0v) is 17.8. The van der Waals surface area contributed by atoms with Crippen LogP contribution >= 0.6 is 11.3 Å². The van der Waals surface area contributed by atoms with Crippen LogP contribution in [-0.2, 0) is 11.3 Å². The number of rotatable bonds is 8. The molecule has 1 atom stereocenters. The number of para-hydroxylation sites is 1. The van der Waals surface area contributed by atoms with E-state index in [2.05, 4.69) is 20.4 Å². The summed E-state index contributed by atoms with van der Waals surface area (Å²) in [5, 5.41) is 9.14. The van der Waals surface area contributed by atoms with Crippen molar-refractivity contribution >= 4 is 17.2 Å². The molecule has 1 saturated heterocycles. The topological polar surface area (TPSA) is 80.5 Å². The zero-order valence-electron chi connectivity index (χ0n) is 17.0.